The molecule has 1 aromatic heterocycles. The van der Waals surface area contributed by atoms with Crippen LogP contribution >= 0.6 is 0 Å². The van der Waals surface area contributed by atoms with Gasteiger partial charge in [0, 0.05) is 32.6 Å². The number of para-hydroxylation sites is 2. The summed E-state index contributed by atoms with van der Waals surface area (Å²) < 4.78 is 30.8. The largest absolute Gasteiger partial charge is 0.441 e. The summed E-state index contributed by atoms with van der Waals surface area (Å²) in [4.78, 5) is 16.6. The molecule has 0 unspecified atom stereocenters. The van der Waals surface area contributed by atoms with Crippen LogP contribution in [0.25, 0.3) is 11.1 Å². The van der Waals surface area contributed by atoms with Gasteiger partial charge in [-0.05, 0) is 36.4 Å². The van der Waals surface area contributed by atoms with Crippen LogP contribution in [0.2, 0.25) is 0 Å². The summed E-state index contributed by atoms with van der Waals surface area (Å²) in [7, 11) is -0.543. The van der Waals surface area contributed by atoms with Crippen molar-refractivity contribution in [3.8, 4) is 0 Å². The van der Waals surface area contributed by atoms with Crippen LogP contribution in [0.1, 0.15) is 12.3 Å². The van der Waals surface area contributed by atoms with Crippen LogP contribution in [0.3, 0.4) is 0 Å². The number of anilines is 1. The molecule has 0 bridgehead atoms. The summed E-state index contributed by atoms with van der Waals surface area (Å²) in [6, 6.07) is 13.5. The lowest BCUT2D eigenvalue weighted by Gasteiger charge is -2.11. The summed E-state index contributed by atoms with van der Waals surface area (Å²) in [6.07, 6.45) is 0.595. The number of carbonyl (C=O) groups is 1. The lowest BCUT2D eigenvalue weighted by Crippen LogP contribution is -2.22. The van der Waals surface area contributed by atoms with Crippen LogP contribution in [-0.4, -0.2) is 37.7 Å². The van der Waals surface area contributed by atoms with Gasteiger partial charge in [-0.15, -0.1) is 0 Å². The molecule has 0 fully saturated rings. The molecule has 1 heterocycles. The van der Waals surface area contributed by atoms with Crippen LogP contribution in [-0.2, 0) is 21.2 Å². The second-order valence-electron chi connectivity index (χ2n) is 5.94. The first-order chi connectivity index (χ1) is 12.4. The molecule has 2 aromatic carbocycles. The van der Waals surface area contributed by atoms with E-state index >= 15 is 0 Å². The highest BCUT2D eigenvalue weighted by Crippen LogP contribution is 2.18. The molecular weight excluding hydrogens is 354 g/mol. The van der Waals surface area contributed by atoms with E-state index in [4.69, 9.17) is 4.42 Å². The number of amides is 1. The molecule has 8 heteroatoms. The van der Waals surface area contributed by atoms with Gasteiger partial charge in [-0.3, -0.25) is 4.79 Å². The first kappa shape index (κ1) is 18.1. The second-order valence-corrected chi connectivity index (χ2v) is 8.09. The number of rotatable bonds is 6. The topological polar surface area (TPSA) is 92.5 Å². The molecule has 0 saturated heterocycles. The Balaban J connectivity index is 1.59. The standard InChI is InChI=1S/C18H19N3O4S/c1-21(2)26(23,24)14-9-7-13(8-10-14)19-17(22)11-12-18-20-15-5-3-4-6-16(15)25-18/h3-10H,11-12H2,1-2H3,(H,19,22). The minimum Gasteiger partial charge on any atom is -0.441 e. The Hall–Kier alpha value is -2.71. The maximum Gasteiger partial charge on any atom is 0.242 e. The second kappa shape index (κ2) is 7.27. The van der Waals surface area contributed by atoms with Crippen LogP contribution in [0, 0.1) is 0 Å². The Labute approximate surface area is 151 Å². The molecule has 1 N–H and O–H groups in total. The smallest absolute Gasteiger partial charge is 0.242 e. The number of nitrogens with one attached hydrogen (secondary N) is 1. The fourth-order valence-electron chi connectivity index (χ4n) is 2.39. The SMILES string of the molecule is CN(C)S(=O)(=O)c1ccc(NC(=O)CCc2nc3ccccc3o2)cc1. The molecule has 1 amide bonds. The number of hydrogen-bond donors (Lipinski definition) is 1. The predicted octanol–water partition coefficient (Wildman–Crippen LogP) is 2.65. The third-order valence-electron chi connectivity index (χ3n) is 3.82. The molecule has 3 aromatic rings. The van der Waals surface area contributed by atoms with Gasteiger partial charge in [0.2, 0.25) is 15.9 Å². The van der Waals surface area contributed by atoms with Crippen LogP contribution in [0.4, 0.5) is 5.69 Å². The van der Waals surface area contributed by atoms with Crippen molar-refractivity contribution < 1.29 is 17.6 Å². The van der Waals surface area contributed by atoms with Gasteiger partial charge >= 0.3 is 0 Å². The minimum atomic E-state index is -3.48. The maximum atomic E-state index is 12.1. The minimum absolute atomic E-state index is 0.173. The number of oxazole rings is 1. The summed E-state index contributed by atoms with van der Waals surface area (Å²) in [5.74, 6) is 0.309. The van der Waals surface area contributed by atoms with Crippen molar-refractivity contribution in [2.45, 2.75) is 17.7 Å². The van der Waals surface area contributed by atoms with E-state index in [-0.39, 0.29) is 17.2 Å². The van der Waals surface area contributed by atoms with Crippen LogP contribution in [0.5, 0.6) is 0 Å². The predicted molar refractivity (Wildman–Crippen MR) is 98.3 cm³/mol. The normalized spacial score (nSPS) is 11.8. The van der Waals surface area contributed by atoms with Crippen LogP contribution < -0.4 is 5.32 Å². The fraction of sp³-hybridized carbons (Fsp3) is 0.222. The number of benzene rings is 2. The molecule has 0 atom stereocenters. The number of aromatic nitrogens is 1. The van der Waals surface area contributed by atoms with E-state index in [0.29, 0.717) is 23.6 Å². The van der Waals surface area contributed by atoms with Crippen molar-refractivity contribution in [2.24, 2.45) is 0 Å². The average molecular weight is 373 g/mol. The van der Waals surface area contributed by atoms with Gasteiger partial charge in [0.25, 0.3) is 0 Å². The molecule has 0 aliphatic rings. The summed E-state index contributed by atoms with van der Waals surface area (Å²) in [5.41, 5.74) is 1.99. The molecule has 0 aliphatic heterocycles. The summed E-state index contributed by atoms with van der Waals surface area (Å²) >= 11 is 0. The summed E-state index contributed by atoms with van der Waals surface area (Å²) in [5, 5.41) is 2.74. The van der Waals surface area contributed by atoms with E-state index in [1.165, 1.54) is 26.2 Å². The van der Waals surface area contributed by atoms with Crippen molar-refractivity contribution >= 4 is 32.7 Å². The number of nitrogens with zero attached hydrogens (tertiary/aromatic N) is 2. The molecule has 0 saturated carbocycles. The lowest BCUT2D eigenvalue weighted by molar-refractivity contribution is -0.116. The van der Waals surface area contributed by atoms with Gasteiger partial charge in [-0.25, -0.2) is 17.7 Å². The fourth-order valence-corrected chi connectivity index (χ4v) is 3.29. The third kappa shape index (κ3) is 3.92. The molecule has 136 valence electrons. The molecule has 7 nitrogen and oxygen atoms in total. The summed E-state index contributed by atoms with van der Waals surface area (Å²) in [6.45, 7) is 0. The monoisotopic (exact) mass is 373 g/mol. The van der Waals surface area contributed by atoms with E-state index in [9.17, 15) is 13.2 Å². The lowest BCUT2D eigenvalue weighted by atomic mass is 10.2. The Kier molecular flexibility index (Phi) is 5.06. The van der Waals surface area contributed by atoms with Gasteiger partial charge in [-0.2, -0.15) is 0 Å². The average Bonchev–Trinajstić information content (AvgIpc) is 3.03. The number of sulfonamides is 1. The zero-order valence-electron chi connectivity index (χ0n) is 14.5. The number of fused-ring (bicyclic) bond motifs is 1. The van der Waals surface area contributed by atoms with Gasteiger partial charge in [0.1, 0.15) is 5.52 Å². The molecule has 0 aliphatic carbocycles. The highest BCUT2D eigenvalue weighted by molar-refractivity contribution is 7.89. The first-order valence-electron chi connectivity index (χ1n) is 8.03. The maximum absolute atomic E-state index is 12.1. The first-order valence-corrected chi connectivity index (χ1v) is 9.47. The van der Waals surface area contributed by atoms with Crippen molar-refractivity contribution in [3.63, 3.8) is 0 Å². The van der Waals surface area contributed by atoms with E-state index < -0.39 is 10.0 Å². The molecule has 3 rings (SSSR count). The third-order valence-corrected chi connectivity index (χ3v) is 5.65. The Morgan fingerprint density at radius 3 is 2.46 bits per heavy atom. The highest BCUT2D eigenvalue weighted by Gasteiger charge is 2.16. The number of aryl methyl sites for hydroxylation is 1. The van der Waals surface area contributed by atoms with E-state index in [2.05, 4.69) is 10.3 Å². The van der Waals surface area contributed by atoms with E-state index in [1.807, 2.05) is 24.3 Å². The van der Waals surface area contributed by atoms with Crippen molar-refractivity contribution in [2.75, 3.05) is 19.4 Å². The van der Waals surface area contributed by atoms with Gasteiger partial charge < -0.3 is 9.73 Å². The van der Waals surface area contributed by atoms with Gasteiger partial charge in [0.15, 0.2) is 11.5 Å². The zero-order chi connectivity index (χ0) is 18.7. The Morgan fingerprint density at radius 1 is 1.12 bits per heavy atom. The number of hydrogen-bond acceptors (Lipinski definition) is 5. The quantitative estimate of drug-likeness (QED) is 0.717. The van der Waals surface area contributed by atoms with Crippen molar-refractivity contribution in [3.05, 3.63) is 54.4 Å². The van der Waals surface area contributed by atoms with Gasteiger partial charge in [0.05, 0.1) is 4.90 Å². The van der Waals surface area contributed by atoms with E-state index in [1.54, 1.807) is 12.1 Å². The van der Waals surface area contributed by atoms with Crippen molar-refractivity contribution in [1.82, 2.24) is 9.29 Å². The zero-order valence-corrected chi connectivity index (χ0v) is 15.3. The Morgan fingerprint density at radius 2 is 1.81 bits per heavy atom. The van der Waals surface area contributed by atoms with Crippen molar-refractivity contribution in [1.29, 1.82) is 0 Å². The molecule has 0 spiro atoms. The van der Waals surface area contributed by atoms with Crippen LogP contribution in [0.15, 0.2) is 57.8 Å². The Bertz CT molecular complexity index is 991. The highest BCUT2D eigenvalue weighted by atomic mass is 32.2. The van der Waals surface area contributed by atoms with Gasteiger partial charge in [-0.1, -0.05) is 12.1 Å². The molecule has 0 radical (unpaired) electrons. The molecule has 26 heavy (non-hydrogen) atoms. The molecular formula is C18H19N3O4S. The van der Waals surface area contributed by atoms with E-state index in [0.717, 1.165) is 9.82 Å². The number of carbonyl (C=O) groups excluding carboxylic acids is 1.